The van der Waals surface area contributed by atoms with E-state index in [9.17, 15) is 9.90 Å². The van der Waals surface area contributed by atoms with Crippen molar-refractivity contribution in [2.75, 3.05) is 13.1 Å². The van der Waals surface area contributed by atoms with Crippen LogP contribution in [0.15, 0.2) is 18.2 Å². The molecule has 7 nitrogen and oxygen atoms in total. The van der Waals surface area contributed by atoms with E-state index in [1.807, 2.05) is 20.8 Å². The van der Waals surface area contributed by atoms with Crippen LogP contribution in [0.25, 0.3) is 11.0 Å². The van der Waals surface area contributed by atoms with Crippen LogP contribution in [0.2, 0.25) is 0 Å². The second kappa shape index (κ2) is 5.72. The van der Waals surface area contributed by atoms with Crippen molar-refractivity contribution in [1.82, 2.24) is 19.9 Å². The fraction of sp³-hybridized carbons (Fsp3) is 0.562. The molecule has 1 aliphatic rings. The van der Waals surface area contributed by atoms with E-state index in [-0.39, 0.29) is 17.9 Å². The number of aromatic hydroxyl groups is 1. The zero-order valence-corrected chi connectivity index (χ0v) is 13.7. The number of ether oxygens (including phenoxy) is 1. The maximum absolute atomic E-state index is 12.3. The van der Waals surface area contributed by atoms with Gasteiger partial charge in [-0.1, -0.05) is 5.21 Å². The molecular formula is C16H22N4O3. The smallest absolute Gasteiger partial charge is 0.410 e. The summed E-state index contributed by atoms with van der Waals surface area (Å²) < 4.78 is 7.25. The summed E-state index contributed by atoms with van der Waals surface area (Å²) >= 11 is 0. The molecule has 1 aromatic heterocycles. The van der Waals surface area contributed by atoms with Crippen LogP contribution in [0.3, 0.4) is 0 Å². The molecule has 124 valence electrons. The lowest BCUT2D eigenvalue weighted by molar-refractivity contribution is 0.0168. The lowest BCUT2D eigenvalue weighted by Gasteiger charge is -2.34. The van der Waals surface area contributed by atoms with Crippen LogP contribution in [0.5, 0.6) is 5.75 Å². The van der Waals surface area contributed by atoms with E-state index in [1.165, 1.54) is 0 Å². The summed E-state index contributed by atoms with van der Waals surface area (Å²) in [5.74, 6) is 0.181. The Labute approximate surface area is 134 Å². The van der Waals surface area contributed by atoms with Gasteiger partial charge in [-0.25, -0.2) is 9.48 Å². The first kappa shape index (κ1) is 15.6. The summed E-state index contributed by atoms with van der Waals surface area (Å²) in [6.07, 6.45) is 1.49. The number of nitrogens with zero attached hydrogens (tertiary/aromatic N) is 4. The van der Waals surface area contributed by atoms with Gasteiger partial charge in [-0.05, 0) is 45.7 Å². The van der Waals surface area contributed by atoms with Gasteiger partial charge < -0.3 is 14.7 Å². The van der Waals surface area contributed by atoms with Gasteiger partial charge in [-0.2, -0.15) is 0 Å². The van der Waals surface area contributed by atoms with Crippen LogP contribution in [-0.4, -0.2) is 49.8 Å². The number of likely N-dealkylation sites (tertiary alicyclic amines) is 1. The molecule has 0 spiro atoms. The highest BCUT2D eigenvalue weighted by Crippen LogP contribution is 2.27. The number of fused-ring (bicyclic) bond motifs is 1. The van der Waals surface area contributed by atoms with Gasteiger partial charge in [-0.3, -0.25) is 0 Å². The Bertz CT molecular complexity index is 720. The first-order valence-corrected chi connectivity index (χ1v) is 7.85. The van der Waals surface area contributed by atoms with Crippen molar-refractivity contribution in [3.8, 4) is 5.75 Å². The Morgan fingerprint density at radius 3 is 2.91 bits per heavy atom. The maximum atomic E-state index is 12.3. The van der Waals surface area contributed by atoms with Gasteiger partial charge in [0.15, 0.2) is 0 Å². The van der Waals surface area contributed by atoms with Crippen LogP contribution < -0.4 is 0 Å². The maximum Gasteiger partial charge on any atom is 0.410 e. The number of hydrogen-bond acceptors (Lipinski definition) is 5. The van der Waals surface area contributed by atoms with Crippen molar-refractivity contribution >= 4 is 17.1 Å². The van der Waals surface area contributed by atoms with E-state index in [2.05, 4.69) is 10.3 Å². The number of phenols is 1. The van der Waals surface area contributed by atoms with Gasteiger partial charge >= 0.3 is 6.09 Å². The second-order valence-corrected chi connectivity index (χ2v) is 6.93. The molecule has 0 bridgehead atoms. The zero-order valence-electron chi connectivity index (χ0n) is 13.7. The van der Waals surface area contributed by atoms with Crippen molar-refractivity contribution in [2.24, 2.45) is 0 Å². The normalized spacial score (nSPS) is 19.1. The lowest BCUT2D eigenvalue weighted by atomic mass is 10.1. The molecule has 7 heteroatoms. The summed E-state index contributed by atoms with van der Waals surface area (Å²) in [7, 11) is 0. The summed E-state index contributed by atoms with van der Waals surface area (Å²) in [6.45, 7) is 6.80. The number of carbonyl (C=O) groups excluding carboxylic acids is 1. The number of piperidine rings is 1. The van der Waals surface area contributed by atoms with Crippen molar-refractivity contribution in [1.29, 1.82) is 0 Å². The van der Waals surface area contributed by atoms with E-state index >= 15 is 0 Å². The summed E-state index contributed by atoms with van der Waals surface area (Å²) in [5, 5.41) is 18.0. The molecule has 0 radical (unpaired) electrons. The molecule has 1 amide bonds. The second-order valence-electron chi connectivity index (χ2n) is 6.93. The highest BCUT2D eigenvalue weighted by Gasteiger charge is 2.29. The molecule has 0 saturated carbocycles. The Morgan fingerprint density at radius 1 is 1.39 bits per heavy atom. The average molecular weight is 318 g/mol. The Balaban J connectivity index is 1.80. The number of phenolic OH excluding ortho intramolecular Hbond substituents is 1. The highest BCUT2D eigenvalue weighted by molar-refractivity contribution is 5.76. The fourth-order valence-electron chi connectivity index (χ4n) is 2.84. The first-order valence-electron chi connectivity index (χ1n) is 7.85. The van der Waals surface area contributed by atoms with Gasteiger partial charge in [0.1, 0.15) is 16.9 Å². The molecule has 1 N–H and O–H groups in total. The number of benzene rings is 1. The van der Waals surface area contributed by atoms with E-state index in [0.717, 1.165) is 23.9 Å². The van der Waals surface area contributed by atoms with Crippen LogP contribution >= 0.6 is 0 Å². The molecule has 1 aliphatic heterocycles. The predicted octanol–water partition coefficient (Wildman–Crippen LogP) is 2.71. The summed E-state index contributed by atoms with van der Waals surface area (Å²) in [6, 6.07) is 5.02. The van der Waals surface area contributed by atoms with Crippen molar-refractivity contribution in [2.45, 2.75) is 45.3 Å². The quantitative estimate of drug-likeness (QED) is 0.874. The van der Waals surface area contributed by atoms with Gasteiger partial charge in [0.05, 0.1) is 11.6 Å². The largest absolute Gasteiger partial charge is 0.508 e. The molecule has 23 heavy (non-hydrogen) atoms. The standard InChI is InChI=1S/C16H22N4O3/c1-16(2,3)23-15(22)19-8-4-5-11(10-19)20-14-9-12(21)6-7-13(14)17-18-20/h6-7,9,11,21H,4-5,8,10H2,1-3H3. The molecule has 2 aromatic rings. The lowest BCUT2D eigenvalue weighted by Crippen LogP contribution is -2.43. The van der Waals surface area contributed by atoms with Crippen LogP contribution in [0.1, 0.15) is 39.7 Å². The van der Waals surface area contributed by atoms with Crippen LogP contribution in [-0.2, 0) is 4.74 Å². The molecule has 2 heterocycles. The van der Waals surface area contributed by atoms with E-state index in [1.54, 1.807) is 27.8 Å². The molecule has 1 fully saturated rings. The average Bonchev–Trinajstić information content (AvgIpc) is 2.88. The number of hydrogen-bond donors (Lipinski definition) is 1. The van der Waals surface area contributed by atoms with Gasteiger partial charge in [-0.15, -0.1) is 5.10 Å². The molecule has 1 unspecified atom stereocenters. The van der Waals surface area contributed by atoms with E-state index < -0.39 is 5.60 Å². The van der Waals surface area contributed by atoms with Gasteiger partial charge in [0, 0.05) is 19.2 Å². The topological polar surface area (TPSA) is 80.5 Å². The molecular weight excluding hydrogens is 296 g/mol. The third kappa shape index (κ3) is 3.38. The summed E-state index contributed by atoms with van der Waals surface area (Å²) in [5.41, 5.74) is 1.01. The van der Waals surface area contributed by atoms with Gasteiger partial charge in [0.25, 0.3) is 0 Å². The van der Waals surface area contributed by atoms with Crippen molar-refractivity contribution < 1.29 is 14.6 Å². The zero-order chi connectivity index (χ0) is 16.6. The molecule has 1 saturated heterocycles. The fourth-order valence-corrected chi connectivity index (χ4v) is 2.84. The van der Waals surface area contributed by atoms with Gasteiger partial charge in [0.2, 0.25) is 0 Å². The Hall–Kier alpha value is -2.31. The Kier molecular flexibility index (Phi) is 3.87. The monoisotopic (exact) mass is 318 g/mol. The number of carbonyl (C=O) groups is 1. The molecule has 3 rings (SSSR count). The molecule has 1 atom stereocenters. The van der Waals surface area contributed by atoms with Crippen LogP contribution in [0.4, 0.5) is 4.79 Å². The van der Waals surface area contributed by atoms with Crippen molar-refractivity contribution in [3.05, 3.63) is 18.2 Å². The molecule has 1 aromatic carbocycles. The van der Waals surface area contributed by atoms with E-state index in [4.69, 9.17) is 4.74 Å². The van der Waals surface area contributed by atoms with Crippen molar-refractivity contribution in [3.63, 3.8) is 0 Å². The SMILES string of the molecule is CC(C)(C)OC(=O)N1CCCC(n2nnc3ccc(O)cc32)C1. The third-order valence-electron chi connectivity index (χ3n) is 3.85. The molecule has 0 aliphatic carbocycles. The van der Waals surface area contributed by atoms with E-state index in [0.29, 0.717) is 13.1 Å². The first-order chi connectivity index (χ1) is 10.8. The summed E-state index contributed by atoms with van der Waals surface area (Å²) in [4.78, 5) is 14.0. The minimum atomic E-state index is -0.504. The Morgan fingerprint density at radius 2 is 2.17 bits per heavy atom. The minimum absolute atomic E-state index is 0.0306. The number of rotatable bonds is 1. The third-order valence-corrected chi connectivity index (χ3v) is 3.85. The minimum Gasteiger partial charge on any atom is -0.508 e. The predicted molar refractivity (Wildman–Crippen MR) is 85.3 cm³/mol. The highest BCUT2D eigenvalue weighted by atomic mass is 16.6. The number of aromatic nitrogens is 3. The van der Waals surface area contributed by atoms with Crippen LogP contribution in [0, 0.1) is 0 Å². The number of amides is 1.